The van der Waals surface area contributed by atoms with Crippen LogP contribution in [-0.4, -0.2) is 20.7 Å². The van der Waals surface area contributed by atoms with Gasteiger partial charge in [0.2, 0.25) is 5.91 Å². The quantitative estimate of drug-likeness (QED) is 0.738. The molecule has 0 bridgehead atoms. The Hall–Kier alpha value is -3.28. The number of rotatable bonds is 4. The van der Waals surface area contributed by atoms with E-state index in [2.05, 4.69) is 15.4 Å². The molecule has 0 radical (unpaired) electrons. The average molecular weight is 336 g/mol. The Kier molecular flexibility index (Phi) is 4.70. The fourth-order valence-electron chi connectivity index (χ4n) is 2.42. The number of aryl methyl sites for hydroxylation is 1. The van der Waals surface area contributed by atoms with Gasteiger partial charge in [-0.15, -0.1) is 0 Å². The van der Waals surface area contributed by atoms with E-state index in [0.717, 1.165) is 5.69 Å². The zero-order valence-electron chi connectivity index (χ0n) is 13.9. The van der Waals surface area contributed by atoms with Crippen LogP contribution in [0.2, 0.25) is 0 Å². The van der Waals surface area contributed by atoms with Crippen LogP contribution in [0.3, 0.4) is 0 Å². The van der Waals surface area contributed by atoms with Crippen molar-refractivity contribution in [2.24, 2.45) is 0 Å². The summed E-state index contributed by atoms with van der Waals surface area (Å²) in [6.07, 6.45) is 3.09. The first-order valence-corrected chi connectivity index (χ1v) is 7.76. The number of benzene rings is 1. The third-order valence-electron chi connectivity index (χ3n) is 3.58. The van der Waals surface area contributed by atoms with Gasteiger partial charge in [-0.1, -0.05) is 18.2 Å². The molecular weight excluding hydrogens is 319 g/mol. The van der Waals surface area contributed by atoms with Crippen molar-refractivity contribution < 1.29 is 9.18 Å². The molecule has 2 aromatic heterocycles. The van der Waals surface area contributed by atoms with Crippen molar-refractivity contribution in [1.82, 2.24) is 14.8 Å². The van der Waals surface area contributed by atoms with E-state index in [0.29, 0.717) is 22.8 Å². The van der Waals surface area contributed by atoms with Crippen molar-refractivity contribution in [1.29, 1.82) is 0 Å². The average Bonchev–Trinajstić information content (AvgIpc) is 2.95. The number of nitrogens with one attached hydrogen (secondary N) is 1. The molecule has 1 N–H and O–H groups in total. The van der Waals surface area contributed by atoms with Crippen LogP contribution in [0.5, 0.6) is 0 Å². The summed E-state index contributed by atoms with van der Waals surface area (Å²) in [5.74, 6) is 0.467. The normalized spacial score (nSPS) is 11.4. The maximum atomic E-state index is 13.3. The van der Waals surface area contributed by atoms with Crippen LogP contribution in [0.1, 0.15) is 18.2 Å². The lowest BCUT2D eigenvalue weighted by molar-refractivity contribution is -0.111. The van der Waals surface area contributed by atoms with E-state index in [1.165, 1.54) is 18.2 Å². The molecule has 0 unspecified atom stereocenters. The zero-order chi connectivity index (χ0) is 17.8. The van der Waals surface area contributed by atoms with Crippen molar-refractivity contribution in [2.45, 2.75) is 13.8 Å². The maximum absolute atomic E-state index is 13.3. The smallest absolute Gasteiger partial charge is 0.249 e. The lowest BCUT2D eigenvalue weighted by Gasteiger charge is -2.07. The Morgan fingerprint density at radius 1 is 1.20 bits per heavy atom. The highest BCUT2D eigenvalue weighted by atomic mass is 19.1. The number of aromatic nitrogens is 3. The highest BCUT2D eigenvalue weighted by Crippen LogP contribution is 2.17. The molecular formula is C19H17FN4O. The van der Waals surface area contributed by atoms with Crippen LogP contribution < -0.4 is 5.32 Å². The van der Waals surface area contributed by atoms with E-state index in [1.807, 2.05) is 19.1 Å². The van der Waals surface area contributed by atoms with Gasteiger partial charge in [-0.25, -0.2) is 9.37 Å². The van der Waals surface area contributed by atoms with Crippen LogP contribution in [0.25, 0.3) is 11.4 Å². The number of hydrogen-bond donors (Lipinski definition) is 1. The van der Waals surface area contributed by atoms with Gasteiger partial charge in [0.05, 0.1) is 5.69 Å². The van der Waals surface area contributed by atoms with E-state index >= 15 is 0 Å². The number of pyridine rings is 1. The molecule has 3 aromatic rings. The summed E-state index contributed by atoms with van der Waals surface area (Å²) in [4.78, 5) is 16.6. The molecule has 6 heteroatoms. The lowest BCUT2D eigenvalue weighted by Crippen LogP contribution is -2.13. The second-order valence-electron chi connectivity index (χ2n) is 5.60. The van der Waals surface area contributed by atoms with Crippen LogP contribution in [0.15, 0.2) is 60.8 Å². The van der Waals surface area contributed by atoms with Crippen LogP contribution in [0, 0.1) is 12.7 Å². The fourth-order valence-corrected chi connectivity index (χ4v) is 2.42. The van der Waals surface area contributed by atoms with Gasteiger partial charge in [0.25, 0.3) is 0 Å². The first-order chi connectivity index (χ1) is 12.0. The minimum Gasteiger partial charge on any atom is -0.307 e. The minimum absolute atomic E-state index is 0.321. The highest BCUT2D eigenvalue weighted by Gasteiger charge is 2.11. The number of carbonyl (C=O) groups excluding carboxylic acids is 1. The van der Waals surface area contributed by atoms with E-state index in [9.17, 15) is 9.18 Å². The number of carbonyl (C=O) groups is 1. The summed E-state index contributed by atoms with van der Waals surface area (Å²) in [5, 5.41) is 7.15. The van der Waals surface area contributed by atoms with Crippen molar-refractivity contribution in [3.8, 4) is 5.82 Å². The first-order valence-electron chi connectivity index (χ1n) is 7.76. The fraction of sp³-hybridized carbons (Fsp3) is 0.105. The summed E-state index contributed by atoms with van der Waals surface area (Å²) < 4.78 is 14.9. The summed E-state index contributed by atoms with van der Waals surface area (Å²) >= 11 is 0. The predicted molar refractivity (Wildman–Crippen MR) is 94.8 cm³/mol. The molecule has 0 saturated carbocycles. The van der Waals surface area contributed by atoms with Gasteiger partial charge in [0.1, 0.15) is 11.6 Å². The van der Waals surface area contributed by atoms with Crippen LogP contribution in [0.4, 0.5) is 10.2 Å². The monoisotopic (exact) mass is 336 g/mol. The molecule has 3 rings (SSSR count). The second kappa shape index (κ2) is 7.09. The van der Waals surface area contributed by atoms with Gasteiger partial charge >= 0.3 is 0 Å². The number of allylic oxidation sites excluding steroid dienone is 1. The molecule has 1 aromatic carbocycles. The van der Waals surface area contributed by atoms with Gasteiger partial charge in [0.15, 0.2) is 5.82 Å². The van der Waals surface area contributed by atoms with Crippen molar-refractivity contribution in [3.05, 3.63) is 77.9 Å². The zero-order valence-corrected chi connectivity index (χ0v) is 13.9. The van der Waals surface area contributed by atoms with E-state index in [-0.39, 0.29) is 11.7 Å². The molecule has 0 aliphatic heterocycles. The summed E-state index contributed by atoms with van der Waals surface area (Å²) in [5.41, 5.74) is 2.08. The van der Waals surface area contributed by atoms with E-state index in [1.54, 1.807) is 42.1 Å². The molecule has 0 fully saturated rings. The first kappa shape index (κ1) is 16.6. The third-order valence-corrected chi connectivity index (χ3v) is 3.58. The van der Waals surface area contributed by atoms with Crippen LogP contribution in [-0.2, 0) is 4.79 Å². The van der Waals surface area contributed by atoms with Crippen molar-refractivity contribution in [3.63, 3.8) is 0 Å². The Morgan fingerprint density at radius 3 is 2.76 bits per heavy atom. The van der Waals surface area contributed by atoms with Gasteiger partial charge in [-0.3, -0.25) is 4.79 Å². The van der Waals surface area contributed by atoms with Gasteiger partial charge < -0.3 is 5.32 Å². The number of halogens is 1. The lowest BCUT2D eigenvalue weighted by atomic mass is 10.1. The Balaban J connectivity index is 1.83. The minimum atomic E-state index is -0.338. The topological polar surface area (TPSA) is 59.8 Å². The SMILES string of the molecule is CC(=CC(=O)Nc1cc(C)nn1-c1ccccn1)c1cccc(F)c1. The summed E-state index contributed by atoms with van der Waals surface area (Å²) in [6.45, 7) is 3.60. The molecule has 2 heterocycles. The molecule has 0 atom stereocenters. The van der Waals surface area contributed by atoms with Gasteiger partial charge in [-0.05, 0) is 49.2 Å². The molecule has 25 heavy (non-hydrogen) atoms. The number of hydrogen-bond acceptors (Lipinski definition) is 3. The molecule has 0 saturated heterocycles. The number of amides is 1. The maximum Gasteiger partial charge on any atom is 0.249 e. The molecule has 5 nitrogen and oxygen atoms in total. The molecule has 0 aliphatic rings. The molecule has 0 aliphatic carbocycles. The summed E-state index contributed by atoms with van der Waals surface area (Å²) in [6, 6.07) is 13.3. The van der Waals surface area contributed by atoms with Gasteiger partial charge in [-0.2, -0.15) is 9.78 Å². The van der Waals surface area contributed by atoms with Crippen LogP contribution >= 0.6 is 0 Å². The van der Waals surface area contributed by atoms with Crippen molar-refractivity contribution >= 4 is 17.3 Å². The predicted octanol–water partition coefficient (Wildman–Crippen LogP) is 3.76. The standard InChI is InChI=1S/C19H17FN4O/c1-13(15-6-5-7-16(20)12-15)10-19(25)22-18-11-14(2)23-24(18)17-8-3-4-9-21-17/h3-12H,1-2H3,(H,22,25). The Morgan fingerprint density at radius 2 is 2.04 bits per heavy atom. The largest absolute Gasteiger partial charge is 0.307 e. The van der Waals surface area contributed by atoms with E-state index < -0.39 is 0 Å². The van der Waals surface area contributed by atoms with Crippen molar-refractivity contribution in [2.75, 3.05) is 5.32 Å². The number of nitrogens with zero attached hydrogens (tertiary/aromatic N) is 3. The molecule has 126 valence electrons. The Labute approximate surface area is 144 Å². The van der Waals surface area contributed by atoms with E-state index in [4.69, 9.17) is 0 Å². The van der Waals surface area contributed by atoms with Gasteiger partial charge in [0, 0.05) is 18.3 Å². The Bertz CT molecular complexity index is 932. The summed E-state index contributed by atoms with van der Waals surface area (Å²) in [7, 11) is 0. The molecule has 1 amide bonds. The molecule has 0 spiro atoms. The second-order valence-corrected chi connectivity index (χ2v) is 5.60. The third kappa shape index (κ3) is 3.98. The number of anilines is 1. The highest BCUT2D eigenvalue weighted by molar-refractivity contribution is 6.03.